The third kappa shape index (κ3) is 4.24. The lowest BCUT2D eigenvalue weighted by molar-refractivity contribution is -0.123. The third-order valence-electron chi connectivity index (χ3n) is 5.53. The van der Waals surface area contributed by atoms with Gasteiger partial charge in [0.1, 0.15) is 5.82 Å². The standard InChI is InChI=1S/C22H20BrFN4O2/c23-18-13-25-10-7-17(18)22(30)8-5-14(6-9-22)20(29)28-21-26-11-15(12-27-21)16-3-1-2-4-19(16)24/h1-4,7,10-14,30H,5-6,8-9H2,(H,26,27,28,29)/t14-,22-. The van der Waals surface area contributed by atoms with Crippen LogP contribution in [0, 0.1) is 11.7 Å². The SMILES string of the molecule is O=C(Nc1ncc(-c2ccccc2F)cn1)[C@H]1CC[C@@](O)(c2ccncc2Br)CC1. The van der Waals surface area contributed by atoms with Crippen molar-refractivity contribution in [3.63, 3.8) is 0 Å². The van der Waals surface area contributed by atoms with Crippen LogP contribution in [0.5, 0.6) is 0 Å². The van der Waals surface area contributed by atoms with E-state index in [9.17, 15) is 14.3 Å². The molecule has 1 fully saturated rings. The van der Waals surface area contributed by atoms with Gasteiger partial charge in [0.15, 0.2) is 0 Å². The maximum absolute atomic E-state index is 13.9. The average Bonchev–Trinajstić information content (AvgIpc) is 2.75. The summed E-state index contributed by atoms with van der Waals surface area (Å²) in [6, 6.07) is 8.18. The van der Waals surface area contributed by atoms with E-state index in [1.807, 2.05) is 0 Å². The fourth-order valence-corrected chi connectivity index (χ4v) is 4.44. The summed E-state index contributed by atoms with van der Waals surface area (Å²) in [5, 5.41) is 13.8. The van der Waals surface area contributed by atoms with Gasteiger partial charge in [-0.1, -0.05) is 18.2 Å². The normalized spacial score (nSPS) is 21.2. The number of benzene rings is 1. The summed E-state index contributed by atoms with van der Waals surface area (Å²) < 4.78 is 14.6. The van der Waals surface area contributed by atoms with Crippen molar-refractivity contribution in [3.8, 4) is 11.1 Å². The zero-order valence-electron chi connectivity index (χ0n) is 16.1. The van der Waals surface area contributed by atoms with Crippen molar-refractivity contribution < 1.29 is 14.3 Å². The highest BCUT2D eigenvalue weighted by Gasteiger charge is 2.38. The lowest BCUT2D eigenvalue weighted by Gasteiger charge is -2.36. The Hall–Kier alpha value is -2.71. The number of rotatable bonds is 4. The number of carbonyl (C=O) groups excluding carboxylic acids is 1. The average molecular weight is 471 g/mol. The molecule has 0 bridgehead atoms. The minimum atomic E-state index is -0.976. The highest BCUT2D eigenvalue weighted by atomic mass is 79.9. The van der Waals surface area contributed by atoms with E-state index in [0.29, 0.717) is 36.8 Å². The van der Waals surface area contributed by atoms with E-state index < -0.39 is 5.60 Å². The van der Waals surface area contributed by atoms with Crippen molar-refractivity contribution in [2.45, 2.75) is 31.3 Å². The minimum absolute atomic E-state index is 0.176. The molecule has 2 aromatic heterocycles. The largest absolute Gasteiger partial charge is 0.385 e. The molecule has 2 heterocycles. The Labute approximate surface area is 181 Å². The lowest BCUT2D eigenvalue weighted by Crippen LogP contribution is -2.36. The van der Waals surface area contributed by atoms with Gasteiger partial charge in [-0.3, -0.25) is 15.1 Å². The number of amides is 1. The zero-order chi connectivity index (χ0) is 21.1. The zero-order valence-corrected chi connectivity index (χ0v) is 17.6. The molecule has 1 aliphatic rings. The smallest absolute Gasteiger partial charge is 0.229 e. The van der Waals surface area contributed by atoms with Crippen LogP contribution in [0.3, 0.4) is 0 Å². The second-order valence-corrected chi connectivity index (χ2v) is 8.28. The fourth-order valence-electron chi connectivity index (χ4n) is 3.82. The van der Waals surface area contributed by atoms with Crippen molar-refractivity contribution in [2.24, 2.45) is 5.92 Å². The molecule has 0 atom stereocenters. The summed E-state index contributed by atoms with van der Waals surface area (Å²) in [6.45, 7) is 0. The van der Waals surface area contributed by atoms with Gasteiger partial charge in [0.05, 0.1) is 5.60 Å². The van der Waals surface area contributed by atoms with Gasteiger partial charge in [0.25, 0.3) is 0 Å². The van der Waals surface area contributed by atoms with Gasteiger partial charge in [-0.25, -0.2) is 14.4 Å². The molecule has 0 unspecified atom stereocenters. The summed E-state index contributed by atoms with van der Waals surface area (Å²) >= 11 is 3.44. The number of pyridine rings is 1. The van der Waals surface area contributed by atoms with Crippen LogP contribution in [0.15, 0.2) is 59.6 Å². The van der Waals surface area contributed by atoms with Crippen molar-refractivity contribution in [1.29, 1.82) is 0 Å². The molecule has 8 heteroatoms. The third-order valence-corrected chi connectivity index (χ3v) is 6.16. The molecule has 1 aromatic carbocycles. The van der Waals surface area contributed by atoms with Gasteiger partial charge in [0, 0.05) is 51.9 Å². The molecule has 0 saturated heterocycles. The topological polar surface area (TPSA) is 88.0 Å². The Bertz CT molecular complexity index is 1050. The van der Waals surface area contributed by atoms with Crippen molar-refractivity contribution >= 4 is 27.8 Å². The van der Waals surface area contributed by atoms with Crippen LogP contribution in [0.1, 0.15) is 31.2 Å². The first-order valence-corrected chi connectivity index (χ1v) is 10.5. The van der Waals surface area contributed by atoms with E-state index in [2.05, 4.69) is 36.2 Å². The summed E-state index contributed by atoms with van der Waals surface area (Å²) in [5.74, 6) is -0.587. The van der Waals surface area contributed by atoms with Crippen molar-refractivity contribution in [3.05, 3.63) is 71.0 Å². The maximum Gasteiger partial charge on any atom is 0.229 e. The molecule has 0 radical (unpaired) electrons. The molecular weight excluding hydrogens is 451 g/mol. The second kappa shape index (κ2) is 8.57. The van der Waals surface area contributed by atoms with E-state index in [4.69, 9.17) is 0 Å². The molecule has 0 spiro atoms. The van der Waals surface area contributed by atoms with Gasteiger partial charge in [-0.05, 0) is 53.7 Å². The number of hydrogen-bond donors (Lipinski definition) is 2. The van der Waals surface area contributed by atoms with E-state index in [-0.39, 0.29) is 23.6 Å². The molecule has 0 aliphatic heterocycles. The Morgan fingerprint density at radius 3 is 2.50 bits per heavy atom. The number of aliphatic hydroxyl groups is 1. The molecule has 4 rings (SSSR count). The molecule has 6 nitrogen and oxygen atoms in total. The monoisotopic (exact) mass is 470 g/mol. The highest BCUT2D eigenvalue weighted by Crippen LogP contribution is 2.42. The fraction of sp³-hybridized carbons (Fsp3) is 0.273. The van der Waals surface area contributed by atoms with Crippen LogP contribution < -0.4 is 5.32 Å². The summed E-state index contributed by atoms with van der Waals surface area (Å²) in [7, 11) is 0. The van der Waals surface area contributed by atoms with Gasteiger partial charge >= 0.3 is 0 Å². The summed E-state index contributed by atoms with van der Waals surface area (Å²) in [6.07, 6.45) is 8.33. The van der Waals surface area contributed by atoms with E-state index in [1.54, 1.807) is 36.7 Å². The number of nitrogens with zero attached hydrogens (tertiary/aromatic N) is 3. The summed E-state index contributed by atoms with van der Waals surface area (Å²) in [5.41, 5.74) is 0.764. The molecule has 3 aromatic rings. The second-order valence-electron chi connectivity index (χ2n) is 7.43. The maximum atomic E-state index is 13.9. The Morgan fingerprint density at radius 2 is 1.83 bits per heavy atom. The van der Waals surface area contributed by atoms with Gasteiger partial charge < -0.3 is 5.11 Å². The molecule has 2 N–H and O–H groups in total. The molecule has 30 heavy (non-hydrogen) atoms. The van der Waals surface area contributed by atoms with Gasteiger partial charge in [0.2, 0.25) is 11.9 Å². The molecule has 1 amide bonds. The van der Waals surface area contributed by atoms with Crippen molar-refractivity contribution in [1.82, 2.24) is 15.0 Å². The van der Waals surface area contributed by atoms with E-state index in [0.717, 1.165) is 10.0 Å². The number of halogens is 2. The van der Waals surface area contributed by atoms with Crippen LogP contribution in [-0.2, 0) is 10.4 Å². The Kier molecular flexibility index (Phi) is 5.87. The molecule has 1 saturated carbocycles. The Morgan fingerprint density at radius 1 is 1.13 bits per heavy atom. The molecular formula is C22H20BrFN4O2. The predicted octanol–water partition coefficient (Wildman–Crippen LogP) is 4.46. The molecule has 154 valence electrons. The number of carbonyl (C=O) groups is 1. The first-order chi connectivity index (χ1) is 14.5. The van der Waals surface area contributed by atoms with E-state index in [1.165, 1.54) is 18.5 Å². The summed E-state index contributed by atoms with van der Waals surface area (Å²) in [4.78, 5) is 25.0. The number of nitrogens with one attached hydrogen (secondary N) is 1. The van der Waals surface area contributed by atoms with Gasteiger partial charge in [-0.2, -0.15) is 0 Å². The molecule has 1 aliphatic carbocycles. The van der Waals surface area contributed by atoms with Crippen LogP contribution in [0.4, 0.5) is 10.3 Å². The van der Waals surface area contributed by atoms with Crippen LogP contribution in [-0.4, -0.2) is 26.0 Å². The van der Waals surface area contributed by atoms with E-state index >= 15 is 0 Å². The minimum Gasteiger partial charge on any atom is -0.385 e. The van der Waals surface area contributed by atoms with Crippen LogP contribution in [0.25, 0.3) is 11.1 Å². The van der Waals surface area contributed by atoms with Crippen LogP contribution >= 0.6 is 15.9 Å². The first kappa shape index (κ1) is 20.6. The number of aromatic nitrogens is 3. The first-order valence-electron chi connectivity index (χ1n) is 9.66. The highest BCUT2D eigenvalue weighted by molar-refractivity contribution is 9.10. The predicted molar refractivity (Wildman–Crippen MR) is 114 cm³/mol. The van der Waals surface area contributed by atoms with Crippen LogP contribution in [0.2, 0.25) is 0 Å². The number of anilines is 1. The Balaban J connectivity index is 1.38. The van der Waals surface area contributed by atoms with Crippen molar-refractivity contribution in [2.75, 3.05) is 5.32 Å². The van der Waals surface area contributed by atoms with Gasteiger partial charge in [-0.15, -0.1) is 0 Å². The number of hydrogen-bond acceptors (Lipinski definition) is 5. The lowest BCUT2D eigenvalue weighted by atomic mass is 9.75. The quantitative estimate of drug-likeness (QED) is 0.587.